The Morgan fingerprint density at radius 1 is 0.682 bits per heavy atom. The number of carbonyl (C=O) groups is 3. The lowest BCUT2D eigenvalue weighted by Gasteiger charge is -2.20. The predicted octanol–water partition coefficient (Wildman–Crippen LogP) is 9.06. The first-order chi connectivity index (χ1) is 32.0. The highest BCUT2D eigenvalue weighted by molar-refractivity contribution is 7.99. The summed E-state index contributed by atoms with van der Waals surface area (Å²) in [4.78, 5) is 38.5. The Morgan fingerprint density at radius 3 is 1.56 bits per heavy atom. The number of thioether (sulfide) groups is 1. The van der Waals surface area contributed by atoms with E-state index in [2.05, 4.69) is 29.5 Å². The molecule has 0 bridgehead atoms. The van der Waals surface area contributed by atoms with Crippen molar-refractivity contribution in [3.63, 3.8) is 0 Å². The Kier molecular flexibility index (Phi) is 35.8. The minimum atomic E-state index is -1.63. The molecule has 2 heterocycles. The number of unbranched alkanes of at least 4 members (excludes halogenated alkanes) is 28. The van der Waals surface area contributed by atoms with Crippen LogP contribution in [-0.4, -0.2) is 114 Å². The maximum atomic E-state index is 12.9. The summed E-state index contributed by atoms with van der Waals surface area (Å²) >= 11 is 1.31. The van der Waals surface area contributed by atoms with Crippen LogP contribution in [0.4, 0.5) is 5.82 Å². The number of carbonyl (C=O) groups excluding carboxylic acids is 3. The molecule has 1 aromatic heterocycles. The summed E-state index contributed by atoms with van der Waals surface area (Å²) in [6, 6.07) is -0.958. The fraction of sp³-hybridized carbons (Fsp3) is 0.900. The number of aromatic nitrogens is 3. The number of nitrogens with one attached hydrogen (secondary N) is 1. The highest BCUT2D eigenvalue weighted by atomic mass is 32.2. The average Bonchev–Trinajstić information content (AvgIpc) is 3.85. The molecule has 7 atom stereocenters. The largest absolute Gasteiger partial charge is 0.462 e. The molecule has 0 spiro atoms. The van der Waals surface area contributed by atoms with Gasteiger partial charge >= 0.3 is 11.9 Å². The van der Waals surface area contributed by atoms with Gasteiger partial charge in [0.1, 0.15) is 37.1 Å². The molecule has 0 saturated carbocycles. The molecule has 384 valence electrons. The first kappa shape index (κ1) is 59.8. The van der Waals surface area contributed by atoms with Crippen LogP contribution in [0.3, 0.4) is 0 Å². The summed E-state index contributed by atoms with van der Waals surface area (Å²) in [6.07, 6.45) is 31.4. The minimum Gasteiger partial charge on any atom is -0.462 e. The Balaban J connectivity index is 1.70. The van der Waals surface area contributed by atoms with Crippen LogP contribution in [0.15, 0.2) is 6.20 Å². The molecule has 1 aliphatic rings. The highest BCUT2D eigenvalue weighted by Gasteiger charge is 2.45. The minimum absolute atomic E-state index is 0.0631. The molecular formula is C50H93N5O10S. The Hall–Kier alpha value is -2.34. The van der Waals surface area contributed by atoms with Crippen LogP contribution in [-0.2, 0) is 35.1 Å². The Bertz CT molecular complexity index is 1360. The van der Waals surface area contributed by atoms with Crippen molar-refractivity contribution < 1.29 is 49.0 Å². The summed E-state index contributed by atoms with van der Waals surface area (Å²) in [6.45, 7) is 4.25. The summed E-state index contributed by atoms with van der Waals surface area (Å²) in [5.41, 5.74) is 6.19. The van der Waals surface area contributed by atoms with Gasteiger partial charge in [-0.25, -0.2) is 4.68 Å². The number of aliphatic hydroxyl groups is 4. The van der Waals surface area contributed by atoms with Crippen molar-refractivity contribution in [1.29, 1.82) is 0 Å². The van der Waals surface area contributed by atoms with Gasteiger partial charge in [0.05, 0.1) is 18.8 Å². The monoisotopic (exact) mass is 956 g/mol. The standard InChI is InChI=1S/C50H93N5O10S/c1-3-5-7-9-11-13-15-17-19-21-23-25-27-29-31-33-44(57)63-37-40(64-45(58)34-32-30-28-26-24-22-20-18-16-14-12-10-8-6-4-2)38-66-39-41(51)49(61)52-43-36-55(54-53-43)35-42(56)48-46(59)47(60)50(62)65-48/h36,40-42,46-48,50,56,59-60,62H,3-35,37-39,51H2,1-2H3,(H,52,61)/t40-,41-,42+,46+,47+,48?,50?/m1/s1. The number of nitrogens with two attached hydrogens (primary N) is 1. The SMILES string of the molecule is CCCCCCCCCCCCCCCCCC(=O)OC[C@H](CSC[C@@H](N)C(=O)Nc1cn(C[C@H](O)C2OC(O)[C@@H](O)[C@@H]2O)nn1)OC(=O)CCCCCCCCCCCCCCCCC. The van der Waals surface area contributed by atoms with Crippen molar-refractivity contribution in [3.8, 4) is 0 Å². The van der Waals surface area contributed by atoms with E-state index in [1.54, 1.807) is 0 Å². The normalized spacial score (nSPS) is 18.6. The van der Waals surface area contributed by atoms with Gasteiger partial charge in [-0.2, -0.15) is 11.8 Å². The van der Waals surface area contributed by atoms with E-state index < -0.39 is 48.8 Å². The lowest BCUT2D eigenvalue weighted by molar-refractivity contribution is -0.157. The average molecular weight is 956 g/mol. The summed E-state index contributed by atoms with van der Waals surface area (Å²) in [5.74, 6) is -0.632. The van der Waals surface area contributed by atoms with E-state index in [4.69, 9.17) is 19.9 Å². The summed E-state index contributed by atoms with van der Waals surface area (Å²) in [5, 5.41) is 50.1. The van der Waals surface area contributed by atoms with Crippen LogP contribution >= 0.6 is 11.8 Å². The predicted molar refractivity (Wildman–Crippen MR) is 263 cm³/mol. The van der Waals surface area contributed by atoms with Crippen LogP contribution in [0.25, 0.3) is 0 Å². The van der Waals surface area contributed by atoms with E-state index in [1.165, 1.54) is 177 Å². The second-order valence-corrected chi connectivity index (χ2v) is 19.8. The quantitative estimate of drug-likeness (QED) is 0.0265. The molecule has 2 unspecified atom stereocenters. The van der Waals surface area contributed by atoms with E-state index in [1.807, 2.05) is 0 Å². The van der Waals surface area contributed by atoms with Gasteiger partial charge < -0.3 is 45.7 Å². The van der Waals surface area contributed by atoms with Crippen LogP contribution in [0, 0.1) is 0 Å². The first-order valence-electron chi connectivity index (χ1n) is 26.3. The van der Waals surface area contributed by atoms with Crippen molar-refractivity contribution >= 4 is 35.4 Å². The number of aliphatic hydroxyl groups excluding tert-OH is 4. The third-order valence-corrected chi connectivity index (χ3v) is 13.7. The van der Waals surface area contributed by atoms with E-state index >= 15 is 0 Å². The molecule has 1 saturated heterocycles. The zero-order valence-electron chi connectivity index (χ0n) is 41.1. The molecule has 1 aliphatic heterocycles. The molecule has 1 aromatic rings. The lowest BCUT2D eigenvalue weighted by Crippen LogP contribution is -2.40. The number of amides is 1. The molecule has 7 N–H and O–H groups in total. The second-order valence-electron chi connectivity index (χ2n) is 18.7. The van der Waals surface area contributed by atoms with Crippen LogP contribution in [0.2, 0.25) is 0 Å². The molecule has 0 radical (unpaired) electrons. The van der Waals surface area contributed by atoms with Gasteiger partial charge in [0, 0.05) is 24.3 Å². The third kappa shape index (κ3) is 29.5. The molecule has 66 heavy (non-hydrogen) atoms. The van der Waals surface area contributed by atoms with Gasteiger partial charge in [-0.15, -0.1) is 5.10 Å². The number of anilines is 1. The van der Waals surface area contributed by atoms with Crippen molar-refractivity contribution in [2.45, 2.75) is 269 Å². The molecule has 2 rings (SSSR count). The third-order valence-electron chi connectivity index (χ3n) is 12.5. The smallest absolute Gasteiger partial charge is 0.306 e. The molecule has 0 aromatic carbocycles. The van der Waals surface area contributed by atoms with Crippen molar-refractivity contribution in [1.82, 2.24) is 15.0 Å². The summed E-state index contributed by atoms with van der Waals surface area (Å²) < 4.78 is 17.7. The van der Waals surface area contributed by atoms with Gasteiger partial charge in [0.15, 0.2) is 12.1 Å². The number of hydrogen-bond donors (Lipinski definition) is 6. The van der Waals surface area contributed by atoms with E-state index in [0.717, 1.165) is 38.5 Å². The number of ether oxygens (including phenoxy) is 3. The highest BCUT2D eigenvalue weighted by Crippen LogP contribution is 2.23. The van der Waals surface area contributed by atoms with Crippen molar-refractivity contribution in [2.75, 3.05) is 23.4 Å². The number of nitrogens with zero attached hydrogens (tertiary/aromatic N) is 3. The van der Waals surface area contributed by atoms with Gasteiger partial charge in [-0.1, -0.05) is 199 Å². The van der Waals surface area contributed by atoms with E-state index in [0.29, 0.717) is 12.8 Å². The Morgan fingerprint density at radius 2 is 1.12 bits per heavy atom. The molecule has 15 nitrogen and oxygen atoms in total. The van der Waals surface area contributed by atoms with Crippen LogP contribution in [0.1, 0.15) is 219 Å². The first-order valence-corrected chi connectivity index (χ1v) is 27.5. The Labute approximate surface area is 402 Å². The van der Waals surface area contributed by atoms with E-state index in [9.17, 15) is 34.8 Å². The van der Waals surface area contributed by atoms with Gasteiger partial charge in [-0.05, 0) is 12.8 Å². The van der Waals surface area contributed by atoms with E-state index in [-0.39, 0.29) is 42.4 Å². The zero-order valence-corrected chi connectivity index (χ0v) is 42.0. The molecule has 0 aliphatic carbocycles. The number of esters is 2. The van der Waals surface area contributed by atoms with Crippen LogP contribution in [0.5, 0.6) is 0 Å². The zero-order chi connectivity index (χ0) is 48.0. The van der Waals surface area contributed by atoms with Crippen LogP contribution < -0.4 is 11.1 Å². The fourth-order valence-electron chi connectivity index (χ4n) is 8.27. The molecular weight excluding hydrogens is 863 g/mol. The van der Waals surface area contributed by atoms with Crippen molar-refractivity contribution in [2.24, 2.45) is 5.73 Å². The van der Waals surface area contributed by atoms with Gasteiger partial charge in [0.2, 0.25) is 5.91 Å². The molecule has 16 heteroatoms. The van der Waals surface area contributed by atoms with Gasteiger partial charge in [0.25, 0.3) is 0 Å². The lowest BCUT2D eigenvalue weighted by atomic mass is 10.0. The maximum absolute atomic E-state index is 12.9. The summed E-state index contributed by atoms with van der Waals surface area (Å²) in [7, 11) is 0. The number of rotatable bonds is 44. The van der Waals surface area contributed by atoms with Gasteiger partial charge in [-0.3, -0.25) is 14.4 Å². The van der Waals surface area contributed by atoms with Crippen molar-refractivity contribution in [3.05, 3.63) is 6.20 Å². The topological polar surface area (TPSA) is 229 Å². The number of hydrogen-bond acceptors (Lipinski definition) is 14. The fourth-order valence-corrected chi connectivity index (χ4v) is 9.23. The molecule has 1 fully saturated rings. The molecule has 1 amide bonds. The maximum Gasteiger partial charge on any atom is 0.306 e. The second kappa shape index (κ2) is 39.5.